The lowest BCUT2D eigenvalue weighted by Gasteiger charge is -2.09. The third kappa shape index (κ3) is 5.52. The van der Waals surface area contributed by atoms with Crippen molar-refractivity contribution in [1.29, 1.82) is 0 Å². The monoisotopic (exact) mass is 524 g/mol. The van der Waals surface area contributed by atoms with Gasteiger partial charge in [-0.15, -0.1) is 0 Å². The summed E-state index contributed by atoms with van der Waals surface area (Å²) in [6.45, 7) is 0.526. The molecule has 1 aliphatic rings. The molecule has 192 valence electrons. The second kappa shape index (κ2) is 10.1. The number of ether oxygens (including phenoxy) is 1. The van der Waals surface area contributed by atoms with Crippen LogP contribution in [-0.4, -0.2) is 58.8 Å². The van der Waals surface area contributed by atoms with E-state index in [1.54, 1.807) is 36.7 Å². The van der Waals surface area contributed by atoms with Crippen molar-refractivity contribution >= 4 is 21.8 Å². The standard InChI is InChI=1S/C24H25FN8O3S/c1-36-19-12-15(13-29-22(19)26)20-21(33-23(32-20)14-2-4-16(25)5-3-14)18-8-9-27-24(31-18)28-10-11-30-37(34,35)17-6-7-17/h2-5,8-9,12-13,17,30H,6-7,10-11H2,1H3,(H2,26,29)(H,32,33)(H,27,28,31). The summed E-state index contributed by atoms with van der Waals surface area (Å²) in [5.74, 6) is 1.11. The molecular formula is C24H25FN8O3S. The van der Waals surface area contributed by atoms with E-state index in [4.69, 9.17) is 15.5 Å². The maximum Gasteiger partial charge on any atom is 0.223 e. The van der Waals surface area contributed by atoms with Crippen LogP contribution in [0.25, 0.3) is 34.0 Å². The lowest BCUT2D eigenvalue weighted by molar-refractivity contribution is 0.415. The zero-order valence-electron chi connectivity index (χ0n) is 19.9. The minimum Gasteiger partial charge on any atom is -0.493 e. The molecule has 3 aromatic heterocycles. The van der Waals surface area contributed by atoms with Gasteiger partial charge in [-0.05, 0) is 49.2 Å². The van der Waals surface area contributed by atoms with Gasteiger partial charge >= 0.3 is 0 Å². The first-order valence-corrected chi connectivity index (χ1v) is 13.1. The number of imidazole rings is 1. The molecule has 1 fully saturated rings. The summed E-state index contributed by atoms with van der Waals surface area (Å²) < 4.78 is 45.4. The molecule has 5 N–H and O–H groups in total. The molecule has 0 amide bonds. The Bertz CT molecular complexity index is 1520. The Hall–Kier alpha value is -4.10. The smallest absolute Gasteiger partial charge is 0.223 e. The van der Waals surface area contributed by atoms with Crippen molar-refractivity contribution in [3.63, 3.8) is 0 Å². The van der Waals surface area contributed by atoms with Gasteiger partial charge in [0, 0.05) is 36.6 Å². The van der Waals surface area contributed by atoms with E-state index in [0.717, 1.165) is 0 Å². The normalized spacial score (nSPS) is 13.5. The molecular weight excluding hydrogens is 499 g/mol. The maximum absolute atomic E-state index is 13.5. The Balaban J connectivity index is 1.45. The molecule has 1 saturated carbocycles. The van der Waals surface area contributed by atoms with Gasteiger partial charge in [-0.3, -0.25) is 0 Å². The summed E-state index contributed by atoms with van der Waals surface area (Å²) in [5.41, 5.74) is 8.84. The number of sulfonamides is 1. The van der Waals surface area contributed by atoms with Crippen molar-refractivity contribution in [1.82, 2.24) is 29.6 Å². The molecule has 0 bridgehead atoms. The molecule has 0 unspecified atom stereocenters. The van der Waals surface area contributed by atoms with E-state index in [9.17, 15) is 12.8 Å². The highest BCUT2D eigenvalue weighted by atomic mass is 32.2. The SMILES string of the molecule is COc1cc(-c2nc(-c3ccc(F)cc3)[nH]c2-c2ccnc(NCCNS(=O)(=O)C3CC3)n2)cnc1N. The van der Waals surface area contributed by atoms with E-state index < -0.39 is 10.0 Å². The fourth-order valence-electron chi connectivity index (χ4n) is 3.71. The molecule has 37 heavy (non-hydrogen) atoms. The van der Waals surface area contributed by atoms with Crippen LogP contribution >= 0.6 is 0 Å². The number of hydrogen-bond donors (Lipinski definition) is 4. The number of H-pyrrole nitrogens is 1. The van der Waals surface area contributed by atoms with Crippen molar-refractivity contribution < 1.29 is 17.5 Å². The number of aromatic amines is 1. The summed E-state index contributed by atoms with van der Waals surface area (Å²) >= 11 is 0. The molecule has 0 aliphatic heterocycles. The Morgan fingerprint density at radius 2 is 1.89 bits per heavy atom. The fraction of sp³-hybridized carbons (Fsp3) is 0.250. The zero-order valence-corrected chi connectivity index (χ0v) is 20.7. The van der Waals surface area contributed by atoms with Gasteiger partial charge in [0.2, 0.25) is 16.0 Å². The number of anilines is 2. The molecule has 4 aromatic rings. The van der Waals surface area contributed by atoms with Crippen LogP contribution in [0.3, 0.4) is 0 Å². The first-order chi connectivity index (χ1) is 17.8. The van der Waals surface area contributed by atoms with Crippen molar-refractivity contribution in [3.8, 4) is 39.8 Å². The van der Waals surface area contributed by atoms with Crippen molar-refractivity contribution in [2.45, 2.75) is 18.1 Å². The predicted octanol–water partition coefficient (Wildman–Crippen LogP) is 2.82. The summed E-state index contributed by atoms with van der Waals surface area (Å²) in [5, 5.41) is 2.77. The lowest BCUT2D eigenvalue weighted by atomic mass is 10.1. The van der Waals surface area contributed by atoms with Crippen LogP contribution < -0.4 is 20.5 Å². The number of aromatic nitrogens is 5. The summed E-state index contributed by atoms with van der Waals surface area (Å²) in [6, 6.07) is 9.40. The van der Waals surface area contributed by atoms with Crippen LogP contribution in [0.4, 0.5) is 16.2 Å². The highest BCUT2D eigenvalue weighted by molar-refractivity contribution is 7.90. The first-order valence-electron chi connectivity index (χ1n) is 11.6. The van der Waals surface area contributed by atoms with Crippen LogP contribution in [0, 0.1) is 5.82 Å². The Kier molecular flexibility index (Phi) is 6.72. The van der Waals surface area contributed by atoms with Gasteiger partial charge in [0.15, 0.2) is 11.6 Å². The number of nitrogens with zero attached hydrogens (tertiary/aromatic N) is 4. The fourth-order valence-corrected chi connectivity index (χ4v) is 5.09. The summed E-state index contributed by atoms with van der Waals surface area (Å²) in [6.07, 6.45) is 4.58. The van der Waals surface area contributed by atoms with Crippen molar-refractivity contribution in [2.75, 3.05) is 31.2 Å². The average Bonchev–Trinajstić information content (AvgIpc) is 3.68. The molecule has 3 heterocycles. The minimum absolute atomic E-state index is 0.216. The van der Waals surface area contributed by atoms with Crippen LogP contribution in [0.5, 0.6) is 5.75 Å². The Morgan fingerprint density at radius 3 is 2.62 bits per heavy atom. The number of nitrogens with one attached hydrogen (secondary N) is 3. The molecule has 1 aliphatic carbocycles. The third-order valence-electron chi connectivity index (χ3n) is 5.78. The molecule has 5 rings (SSSR count). The largest absolute Gasteiger partial charge is 0.493 e. The highest BCUT2D eigenvalue weighted by Crippen LogP contribution is 2.34. The van der Waals surface area contributed by atoms with E-state index in [1.807, 2.05) is 0 Å². The van der Waals surface area contributed by atoms with Crippen LogP contribution in [0.15, 0.2) is 48.8 Å². The topological polar surface area (TPSA) is 161 Å². The van der Waals surface area contributed by atoms with Gasteiger partial charge in [0.1, 0.15) is 17.3 Å². The number of rotatable bonds is 10. The Morgan fingerprint density at radius 1 is 1.11 bits per heavy atom. The van der Waals surface area contributed by atoms with E-state index in [0.29, 0.717) is 65.1 Å². The van der Waals surface area contributed by atoms with Gasteiger partial charge in [-0.1, -0.05) is 0 Å². The van der Waals surface area contributed by atoms with E-state index in [-0.39, 0.29) is 23.4 Å². The van der Waals surface area contributed by atoms with Gasteiger partial charge in [0.25, 0.3) is 0 Å². The molecule has 0 saturated heterocycles. The molecule has 0 spiro atoms. The van der Waals surface area contributed by atoms with Gasteiger partial charge in [-0.2, -0.15) is 0 Å². The lowest BCUT2D eigenvalue weighted by Crippen LogP contribution is -2.31. The number of nitrogen functional groups attached to an aromatic ring is 1. The van der Waals surface area contributed by atoms with Crippen molar-refractivity contribution in [3.05, 3.63) is 54.6 Å². The first kappa shape index (κ1) is 24.6. The summed E-state index contributed by atoms with van der Waals surface area (Å²) in [7, 11) is -1.76. The molecule has 1 aromatic carbocycles. The summed E-state index contributed by atoms with van der Waals surface area (Å²) in [4.78, 5) is 21.0. The van der Waals surface area contributed by atoms with Crippen LogP contribution in [0.1, 0.15) is 12.8 Å². The quantitative estimate of drug-likeness (QED) is 0.229. The molecule has 0 atom stereocenters. The Labute approximate surface area is 212 Å². The number of nitrogens with two attached hydrogens (primary N) is 1. The predicted molar refractivity (Wildman–Crippen MR) is 138 cm³/mol. The number of hydrogen-bond acceptors (Lipinski definition) is 9. The van der Waals surface area contributed by atoms with Crippen LogP contribution in [0.2, 0.25) is 0 Å². The number of halogens is 1. The third-order valence-corrected chi connectivity index (χ3v) is 7.74. The van der Waals surface area contributed by atoms with Gasteiger partial charge in [-0.25, -0.2) is 37.5 Å². The molecule has 11 nitrogen and oxygen atoms in total. The number of methoxy groups -OCH3 is 1. The zero-order chi connectivity index (χ0) is 26.0. The van der Waals surface area contributed by atoms with E-state index >= 15 is 0 Å². The highest BCUT2D eigenvalue weighted by Gasteiger charge is 2.35. The number of pyridine rings is 1. The minimum atomic E-state index is -3.26. The van der Waals surface area contributed by atoms with E-state index in [1.165, 1.54) is 19.2 Å². The van der Waals surface area contributed by atoms with Crippen molar-refractivity contribution in [2.24, 2.45) is 0 Å². The van der Waals surface area contributed by atoms with Crippen LogP contribution in [-0.2, 0) is 10.0 Å². The number of benzene rings is 1. The second-order valence-electron chi connectivity index (χ2n) is 8.46. The van der Waals surface area contributed by atoms with Gasteiger partial charge < -0.3 is 20.8 Å². The molecule has 0 radical (unpaired) electrons. The average molecular weight is 525 g/mol. The maximum atomic E-state index is 13.5. The second-order valence-corrected chi connectivity index (χ2v) is 10.5. The van der Waals surface area contributed by atoms with Gasteiger partial charge in [0.05, 0.1) is 23.7 Å². The van der Waals surface area contributed by atoms with E-state index in [2.05, 4.69) is 30.0 Å². The molecule has 13 heteroatoms.